The van der Waals surface area contributed by atoms with Crippen LogP contribution in [0.25, 0.3) is 0 Å². The van der Waals surface area contributed by atoms with Crippen LogP contribution < -0.4 is 11.1 Å². The highest BCUT2D eigenvalue weighted by Crippen LogP contribution is 2.13. The predicted octanol–water partition coefficient (Wildman–Crippen LogP) is 2.81. The summed E-state index contributed by atoms with van der Waals surface area (Å²) in [5.74, 6) is -0.584. The molecule has 2 amide bonds. The molecule has 0 aliphatic carbocycles. The lowest BCUT2D eigenvalue weighted by atomic mass is 10.1. The molecule has 5 nitrogen and oxygen atoms in total. The number of primary amides is 1. The molecule has 2 aromatic carbocycles. The van der Waals surface area contributed by atoms with E-state index in [9.17, 15) is 9.59 Å². The van der Waals surface area contributed by atoms with Gasteiger partial charge in [-0.25, -0.2) is 0 Å². The zero-order valence-corrected chi connectivity index (χ0v) is 15.0. The summed E-state index contributed by atoms with van der Waals surface area (Å²) < 4.78 is 0. The maximum atomic E-state index is 12.4. The van der Waals surface area contributed by atoms with Crippen LogP contribution in [-0.4, -0.2) is 29.8 Å². The van der Waals surface area contributed by atoms with E-state index < -0.39 is 5.91 Å². The SMILES string of the molecule is CCc1ccc(CN(C)[C@@H](C)C(=O)Nc2ccc(C(N)=O)cc2)cc1. The smallest absolute Gasteiger partial charge is 0.248 e. The van der Waals surface area contributed by atoms with Crippen molar-refractivity contribution in [3.05, 3.63) is 65.2 Å². The van der Waals surface area contributed by atoms with Crippen molar-refractivity contribution in [2.75, 3.05) is 12.4 Å². The fourth-order valence-corrected chi connectivity index (χ4v) is 2.47. The van der Waals surface area contributed by atoms with Crippen LogP contribution in [-0.2, 0) is 17.8 Å². The van der Waals surface area contributed by atoms with Crippen molar-refractivity contribution in [1.82, 2.24) is 4.90 Å². The Morgan fingerprint density at radius 1 is 1.04 bits per heavy atom. The van der Waals surface area contributed by atoms with Crippen molar-refractivity contribution in [1.29, 1.82) is 0 Å². The molecule has 0 aliphatic rings. The first-order valence-electron chi connectivity index (χ1n) is 8.39. The second-order valence-corrected chi connectivity index (χ2v) is 6.19. The number of carbonyl (C=O) groups is 2. The van der Waals surface area contributed by atoms with Crippen LogP contribution in [0.3, 0.4) is 0 Å². The van der Waals surface area contributed by atoms with Crippen molar-refractivity contribution in [2.24, 2.45) is 5.73 Å². The summed E-state index contributed by atoms with van der Waals surface area (Å²) in [6.45, 7) is 4.69. The minimum Gasteiger partial charge on any atom is -0.366 e. The van der Waals surface area contributed by atoms with Gasteiger partial charge < -0.3 is 11.1 Å². The summed E-state index contributed by atoms with van der Waals surface area (Å²) in [4.78, 5) is 25.5. The largest absolute Gasteiger partial charge is 0.366 e. The first-order chi connectivity index (χ1) is 11.9. The third kappa shape index (κ3) is 5.16. The van der Waals surface area contributed by atoms with Crippen LogP contribution in [0.1, 0.15) is 35.3 Å². The third-order valence-electron chi connectivity index (χ3n) is 4.34. The van der Waals surface area contributed by atoms with E-state index in [1.54, 1.807) is 24.3 Å². The molecule has 0 fully saturated rings. The van der Waals surface area contributed by atoms with E-state index in [2.05, 4.69) is 36.5 Å². The predicted molar refractivity (Wildman–Crippen MR) is 100 cm³/mol. The third-order valence-corrected chi connectivity index (χ3v) is 4.34. The first kappa shape index (κ1) is 18.7. The number of hydrogen-bond donors (Lipinski definition) is 2. The van der Waals surface area contributed by atoms with Crippen molar-refractivity contribution in [2.45, 2.75) is 32.9 Å². The van der Waals surface area contributed by atoms with Gasteiger partial charge in [-0.2, -0.15) is 0 Å². The standard InChI is InChI=1S/C20H25N3O2/c1-4-15-5-7-16(8-6-15)13-23(3)14(2)20(25)22-18-11-9-17(10-12-18)19(21)24/h5-12,14H,4,13H2,1-3H3,(H2,21,24)(H,22,25)/t14-/m0/s1. The van der Waals surface area contributed by atoms with Gasteiger partial charge in [-0.1, -0.05) is 31.2 Å². The Kier molecular flexibility index (Phi) is 6.31. The van der Waals surface area contributed by atoms with Gasteiger partial charge in [-0.3, -0.25) is 14.5 Å². The van der Waals surface area contributed by atoms with Gasteiger partial charge in [-0.05, 0) is 55.8 Å². The molecule has 1 atom stereocenters. The molecule has 0 heterocycles. The number of rotatable bonds is 7. The monoisotopic (exact) mass is 339 g/mol. The van der Waals surface area contributed by atoms with Gasteiger partial charge in [0, 0.05) is 17.8 Å². The average molecular weight is 339 g/mol. The van der Waals surface area contributed by atoms with E-state index in [1.807, 2.05) is 18.9 Å². The second-order valence-electron chi connectivity index (χ2n) is 6.19. The van der Waals surface area contributed by atoms with E-state index >= 15 is 0 Å². The lowest BCUT2D eigenvalue weighted by Crippen LogP contribution is -2.39. The average Bonchev–Trinajstić information content (AvgIpc) is 2.62. The lowest BCUT2D eigenvalue weighted by Gasteiger charge is -2.24. The van der Waals surface area contributed by atoms with Crippen molar-refractivity contribution in [3.8, 4) is 0 Å². The van der Waals surface area contributed by atoms with Gasteiger partial charge in [-0.15, -0.1) is 0 Å². The van der Waals surface area contributed by atoms with Crippen LogP contribution in [0, 0.1) is 0 Å². The minimum absolute atomic E-state index is 0.0977. The number of likely N-dealkylation sites (N-methyl/N-ethyl adjacent to an activating group) is 1. The topological polar surface area (TPSA) is 75.4 Å². The minimum atomic E-state index is -0.486. The molecule has 132 valence electrons. The first-order valence-corrected chi connectivity index (χ1v) is 8.39. The highest BCUT2D eigenvalue weighted by atomic mass is 16.2. The molecule has 2 rings (SSSR count). The molecule has 3 N–H and O–H groups in total. The molecule has 2 aromatic rings. The number of aryl methyl sites for hydroxylation is 1. The van der Waals surface area contributed by atoms with Crippen LogP contribution in [0.15, 0.2) is 48.5 Å². The highest BCUT2D eigenvalue weighted by Gasteiger charge is 2.18. The normalized spacial score (nSPS) is 12.0. The van der Waals surface area contributed by atoms with E-state index in [-0.39, 0.29) is 11.9 Å². The molecular weight excluding hydrogens is 314 g/mol. The van der Waals surface area contributed by atoms with Crippen LogP contribution in [0.2, 0.25) is 0 Å². The zero-order chi connectivity index (χ0) is 18.4. The summed E-state index contributed by atoms with van der Waals surface area (Å²) in [6, 6.07) is 14.7. The summed E-state index contributed by atoms with van der Waals surface area (Å²) in [5, 5.41) is 2.86. The number of nitrogens with two attached hydrogens (primary N) is 1. The fraction of sp³-hybridized carbons (Fsp3) is 0.300. The zero-order valence-electron chi connectivity index (χ0n) is 15.0. The van der Waals surface area contributed by atoms with Gasteiger partial charge in [0.2, 0.25) is 11.8 Å². The number of hydrogen-bond acceptors (Lipinski definition) is 3. The number of benzene rings is 2. The van der Waals surface area contributed by atoms with Gasteiger partial charge >= 0.3 is 0 Å². The summed E-state index contributed by atoms with van der Waals surface area (Å²) >= 11 is 0. The van der Waals surface area contributed by atoms with E-state index in [0.717, 1.165) is 6.42 Å². The maximum absolute atomic E-state index is 12.4. The van der Waals surface area contributed by atoms with Gasteiger partial charge in [0.1, 0.15) is 0 Å². The molecule has 0 saturated carbocycles. The molecule has 0 spiro atoms. The number of carbonyl (C=O) groups excluding carboxylic acids is 2. The van der Waals surface area contributed by atoms with Gasteiger partial charge in [0.15, 0.2) is 0 Å². The van der Waals surface area contributed by atoms with Gasteiger partial charge in [0.05, 0.1) is 6.04 Å². The Hall–Kier alpha value is -2.66. The van der Waals surface area contributed by atoms with Crippen LogP contribution >= 0.6 is 0 Å². The van der Waals surface area contributed by atoms with Crippen LogP contribution in [0.5, 0.6) is 0 Å². The second kappa shape index (κ2) is 8.44. The number of nitrogens with zero attached hydrogens (tertiary/aromatic N) is 1. The molecule has 0 bridgehead atoms. The molecular formula is C20H25N3O2. The maximum Gasteiger partial charge on any atom is 0.248 e. The molecule has 0 unspecified atom stereocenters. The van der Waals surface area contributed by atoms with Crippen molar-refractivity contribution in [3.63, 3.8) is 0 Å². The fourth-order valence-electron chi connectivity index (χ4n) is 2.47. The van der Waals surface area contributed by atoms with Crippen molar-refractivity contribution >= 4 is 17.5 Å². The molecule has 25 heavy (non-hydrogen) atoms. The number of anilines is 1. The molecule has 5 heteroatoms. The van der Waals surface area contributed by atoms with E-state index in [0.29, 0.717) is 17.8 Å². The lowest BCUT2D eigenvalue weighted by molar-refractivity contribution is -0.120. The Bertz CT molecular complexity index is 724. The molecule has 0 saturated heterocycles. The van der Waals surface area contributed by atoms with Gasteiger partial charge in [0.25, 0.3) is 0 Å². The van der Waals surface area contributed by atoms with Crippen LogP contribution in [0.4, 0.5) is 5.69 Å². The quantitative estimate of drug-likeness (QED) is 0.814. The Labute approximate surface area is 148 Å². The molecule has 0 aromatic heterocycles. The molecule has 0 aliphatic heterocycles. The Morgan fingerprint density at radius 2 is 1.60 bits per heavy atom. The van der Waals surface area contributed by atoms with E-state index in [4.69, 9.17) is 5.73 Å². The highest BCUT2D eigenvalue weighted by molar-refractivity contribution is 5.96. The molecule has 0 radical (unpaired) electrons. The summed E-state index contributed by atoms with van der Waals surface area (Å²) in [5.41, 5.74) is 8.74. The Morgan fingerprint density at radius 3 is 2.12 bits per heavy atom. The Balaban J connectivity index is 1.94. The van der Waals surface area contributed by atoms with Crippen molar-refractivity contribution < 1.29 is 9.59 Å². The number of nitrogens with one attached hydrogen (secondary N) is 1. The summed E-state index contributed by atoms with van der Waals surface area (Å²) in [7, 11) is 1.92. The van der Waals surface area contributed by atoms with E-state index in [1.165, 1.54) is 11.1 Å². The summed E-state index contributed by atoms with van der Waals surface area (Å²) in [6.07, 6.45) is 1.02. The number of amides is 2.